The Morgan fingerprint density at radius 1 is 0.537 bits per heavy atom. The fourth-order valence-corrected chi connectivity index (χ4v) is 12.6. The molecule has 0 spiro atoms. The van der Waals surface area contributed by atoms with Crippen molar-refractivity contribution in [1.82, 2.24) is 4.98 Å². The predicted molar refractivity (Wildman–Crippen MR) is 294 cm³/mol. The maximum Gasteiger partial charge on any atom is 0.266 e. The highest BCUT2D eigenvalue weighted by molar-refractivity contribution is 7.33. The van der Waals surface area contributed by atoms with Gasteiger partial charge in [-0.3, -0.25) is 4.90 Å². The molecule has 0 saturated heterocycles. The number of pyridine rings is 1. The molecule has 0 unspecified atom stereocenters. The summed E-state index contributed by atoms with van der Waals surface area (Å²) < 4.78 is 2.73. The lowest BCUT2D eigenvalue weighted by Crippen LogP contribution is -2.61. The van der Waals surface area contributed by atoms with Crippen LogP contribution in [0.1, 0.15) is 163 Å². The lowest BCUT2D eigenvalue weighted by atomic mass is 9.36. The normalized spacial score (nSPS) is 16.5. The molecule has 0 saturated carbocycles. The van der Waals surface area contributed by atoms with Gasteiger partial charge in [-0.15, -0.1) is 11.3 Å². The fraction of sp³-hybridized carbons (Fsp3) is 0.403. The van der Waals surface area contributed by atoms with E-state index >= 15 is 0 Å². The summed E-state index contributed by atoms with van der Waals surface area (Å²) in [6, 6.07) is 41.1. The summed E-state index contributed by atoms with van der Waals surface area (Å²) >= 11 is 1.99. The molecule has 3 nitrogen and oxygen atoms in total. The van der Waals surface area contributed by atoms with E-state index in [9.17, 15) is 0 Å². The van der Waals surface area contributed by atoms with Gasteiger partial charge in [-0.1, -0.05) is 171 Å². The van der Waals surface area contributed by atoms with Crippen LogP contribution in [0.25, 0.3) is 21.2 Å². The molecule has 4 heterocycles. The van der Waals surface area contributed by atoms with Crippen LogP contribution in [0.2, 0.25) is 0 Å². The number of aryl methyl sites for hydroxylation is 1. The number of aromatic nitrogens is 1. The molecule has 7 aromatic rings. The van der Waals surface area contributed by atoms with E-state index in [0.29, 0.717) is 0 Å². The van der Waals surface area contributed by atoms with Gasteiger partial charge in [0.05, 0.1) is 11.4 Å². The summed E-state index contributed by atoms with van der Waals surface area (Å²) in [4.78, 5) is 10.9. The Kier molecular flexibility index (Phi) is 10.2. The minimum Gasteiger partial charge on any atom is -0.310 e. The molecule has 0 N–H and O–H groups in total. The lowest BCUT2D eigenvalue weighted by molar-refractivity contribution is 0.332. The first-order valence-electron chi connectivity index (χ1n) is 24.9. The molecular weight excluding hydrogens is 830 g/mol. The van der Waals surface area contributed by atoms with Crippen LogP contribution in [0.5, 0.6) is 0 Å². The summed E-state index contributed by atoms with van der Waals surface area (Å²) in [6.45, 7) is 39.9. The molecule has 0 fully saturated rings. The minimum atomic E-state index is -0.0574. The predicted octanol–water partition coefficient (Wildman–Crippen LogP) is 15.9. The number of hydrogen-bond donors (Lipinski definition) is 0. The van der Waals surface area contributed by atoms with Gasteiger partial charge in [-0.25, -0.2) is 4.98 Å². The number of benzene rings is 5. The number of fused-ring (bicyclic) bond motifs is 7. The van der Waals surface area contributed by atoms with Gasteiger partial charge in [0, 0.05) is 43.2 Å². The van der Waals surface area contributed by atoms with Gasteiger partial charge in [0.25, 0.3) is 6.71 Å². The highest BCUT2D eigenvalue weighted by Crippen LogP contribution is 2.53. The van der Waals surface area contributed by atoms with Crippen molar-refractivity contribution in [3.63, 3.8) is 0 Å². The Morgan fingerprint density at radius 3 is 1.75 bits per heavy atom. The zero-order valence-corrected chi connectivity index (χ0v) is 44.4. The van der Waals surface area contributed by atoms with Crippen LogP contribution in [0.15, 0.2) is 103 Å². The Labute approximate surface area is 407 Å². The van der Waals surface area contributed by atoms with Crippen molar-refractivity contribution in [3.8, 4) is 11.1 Å². The maximum absolute atomic E-state index is 5.73. The second kappa shape index (κ2) is 14.9. The van der Waals surface area contributed by atoms with E-state index in [2.05, 4.69) is 231 Å². The second-order valence-electron chi connectivity index (χ2n) is 25.7. The van der Waals surface area contributed by atoms with E-state index in [-0.39, 0.29) is 39.2 Å². The number of nitrogens with zero attached hydrogens (tertiary/aromatic N) is 3. The van der Waals surface area contributed by atoms with Gasteiger partial charge in [0.1, 0.15) is 5.82 Å². The van der Waals surface area contributed by atoms with Crippen molar-refractivity contribution in [3.05, 3.63) is 142 Å². The van der Waals surface area contributed by atoms with Gasteiger partial charge < -0.3 is 4.90 Å². The zero-order valence-electron chi connectivity index (χ0n) is 43.6. The summed E-state index contributed by atoms with van der Waals surface area (Å²) in [5.41, 5.74) is 20.7. The summed E-state index contributed by atoms with van der Waals surface area (Å²) in [6.07, 6.45) is 2.36. The SMILES string of the molecule is Cc1cc2c3c(n1)N(c1ccc(C(C)(C)C)cc1-c1ccc(C(C)(C)C)cc1)c1cc(C(C)(C)C)ccc1B3c1sc3cc(C(C)(C)C)ccc3c1N2c1ccc2c(c1)C(C)(C)CCC2(C)C. The van der Waals surface area contributed by atoms with Crippen LogP contribution in [-0.2, 0) is 32.5 Å². The van der Waals surface area contributed by atoms with Crippen LogP contribution >= 0.6 is 11.3 Å². The lowest BCUT2D eigenvalue weighted by Gasteiger charge is -2.45. The number of hydrogen-bond acceptors (Lipinski definition) is 4. The van der Waals surface area contributed by atoms with E-state index in [1.165, 1.54) is 106 Å². The van der Waals surface area contributed by atoms with E-state index in [0.717, 1.165) is 17.2 Å². The smallest absolute Gasteiger partial charge is 0.266 e. The average Bonchev–Trinajstić information content (AvgIpc) is 3.62. The molecule has 2 aromatic heterocycles. The molecule has 0 amide bonds. The Hall–Kier alpha value is -5.13. The number of thiophene rings is 1. The summed E-state index contributed by atoms with van der Waals surface area (Å²) in [5, 5.41) is 1.32. The largest absolute Gasteiger partial charge is 0.310 e. The van der Waals surface area contributed by atoms with E-state index < -0.39 is 0 Å². The number of rotatable bonds is 3. The topological polar surface area (TPSA) is 19.4 Å². The first-order valence-corrected chi connectivity index (χ1v) is 25.7. The number of anilines is 6. The average molecular weight is 902 g/mol. The van der Waals surface area contributed by atoms with Crippen molar-refractivity contribution in [2.75, 3.05) is 9.80 Å². The van der Waals surface area contributed by atoms with Crippen LogP contribution in [0.3, 0.4) is 0 Å². The van der Waals surface area contributed by atoms with Crippen molar-refractivity contribution in [2.45, 2.75) is 163 Å². The highest BCUT2D eigenvalue weighted by atomic mass is 32.1. The molecule has 1 aliphatic carbocycles. The minimum absolute atomic E-state index is 0.00326. The van der Waals surface area contributed by atoms with E-state index in [4.69, 9.17) is 4.98 Å². The van der Waals surface area contributed by atoms with Crippen LogP contribution in [-0.4, -0.2) is 11.7 Å². The summed E-state index contributed by atoms with van der Waals surface area (Å²) in [5.74, 6) is 1.03. The van der Waals surface area contributed by atoms with Gasteiger partial charge in [0.2, 0.25) is 0 Å². The second-order valence-corrected chi connectivity index (χ2v) is 26.8. The molecular formula is C62H72BN3S. The van der Waals surface area contributed by atoms with Crippen molar-refractivity contribution >= 4 is 78.1 Å². The van der Waals surface area contributed by atoms with Crippen LogP contribution < -0.4 is 25.5 Å². The van der Waals surface area contributed by atoms with Gasteiger partial charge in [0.15, 0.2) is 0 Å². The molecule has 10 rings (SSSR count). The first kappa shape index (κ1) is 45.6. The molecule has 5 heteroatoms. The molecule has 0 radical (unpaired) electrons. The first-order chi connectivity index (χ1) is 31.1. The van der Waals surface area contributed by atoms with Crippen molar-refractivity contribution < 1.29 is 0 Å². The van der Waals surface area contributed by atoms with Gasteiger partial charge >= 0.3 is 0 Å². The molecule has 0 bridgehead atoms. The van der Waals surface area contributed by atoms with Gasteiger partial charge in [-0.2, -0.15) is 0 Å². The molecule has 67 heavy (non-hydrogen) atoms. The maximum atomic E-state index is 5.73. The third kappa shape index (κ3) is 7.49. The van der Waals surface area contributed by atoms with Crippen LogP contribution in [0, 0.1) is 6.92 Å². The highest BCUT2D eigenvalue weighted by Gasteiger charge is 2.47. The summed E-state index contributed by atoms with van der Waals surface area (Å²) in [7, 11) is 0. The molecule has 344 valence electrons. The standard InChI is InChI=1S/C62H72BN3S/c1-37-32-51-53-56(64-37)66(49-29-24-40(58(5,6)7)33-45(49)38-18-20-39(21-19-38)57(2,3)4)50-34-41(59(8,9)10)23-28-48(50)63(53)55-54(44-26-22-42(60(11,12)13)35-52(44)67-55)65(51)43-25-27-46-47(36-43)62(16,17)31-30-61(46,14)15/h18-29,32-36H,30-31H2,1-17H3. The monoisotopic (exact) mass is 902 g/mol. The van der Waals surface area contributed by atoms with Crippen LogP contribution in [0.4, 0.5) is 34.3 Å². The molecule has 3 aliphatic rings. The Bertz CT molecular complexity index is 3140. The fourth-order valence-electron chi connectivity index (χ4n) is 11.2. The van der Waals surface area contributed by atoms with E-state index in [1.807, 2.05) is 11.3 Å². The van der Waals surface area contributed by atoms with Gasteiger partial charge in [-0.05, 0) is 145 Å². The third-order valence-corrected chi connectivity index (χ3v) is 16.8. The third-order valence-electron chi connectivity index (χ3n) is 15.6. The Morgan fingerprint density at radius 2 is 1.10 bits per heavy atom. The molecule has 2 aliphatic heterocycles. The van der Waals surface area contributed by atoms with Crippen molar-refractivity contribution in [1.29, 1.82) is 0 Å². The zero-order chi connectivity index (χ0) is 48.1. The molecule has 0 atom stereocenters. The van der Waals surface area contributed by atoms with E-state index in [1.54, 1.807) is 0 Å². The molecule has 5 aromatic carbocycles. The van der Waals surface area contributed by atoms with Crippen molar-refractivity contribution in [2.24, 2.45) is 0 Å². The quantitative estimate of drug-likeness (QED) is 0.165. The Balaban J connectivity index is 1.31.